The standard InChI is InChI=1S/C9H16N4.2C2H6/c1-12-5-3-8(4-6-12)9-11-10-7-13(9)2;2*1-2/h7-8H,3-6H2,1-2H3;2*1-2H3. The minimum atomic E-state index is 0.615. The highest BCUT2D eigenvalue weighted by Gasteiger charge is 2.21. The molecule has 1 aromatic heterocycles. The van der Waals surface area contributed by atoms with E-state index in [0.717, 1.165) is 5.82 Å². The zero-order valence-corrected chi connectivity index (χ0v) is 12.3. The highest BCUT2D eigenvalue weighted by Crippen LogP contribution is 2.24. The molecule has 1 aromatic rings. The van der Waals surface area contributed by atoms with Crippen molar-refractivity contribution in [2.45, 2.75) is 46.5 Å². The molecule has 1 saturated heterocycles. The smallest absolute Gasteiger partial charge is 0.135 e. The van der Waals surface area contributed by atoms with Gasteiger partial charge in [0.2, 0.25) is 0 Å². The maximum atomic E-state index is 4.16. The molecular formula is C13H28N4. The molecule has 0 aromatic carbocycles. The molecule has 1 fully saturated rings. The molecular weight excluding hydrogens is 212 g/mol. The van der Waals surface area contributed by atoms with E-state index in [9.17, 15) is 0 Å². The number of piperidine rings is 1. The quantitative estimate of drug-likeness (QED) is 0.757. The molecule has 1 aliphatic rings. The summed E-state index contributed by atoms with van der Waals surface area (Å²) >= 11 is 0. The zero-order valence-electron chi connectivity index (χ0n) is 12.3. The van der Waals surface area contributed by atoms with Gasteiger partial charge in [-0.15, -0.1) is 10.2 Å². The average molecular weight is 240 g/mol. The van der Waals surface area contributed by atoms with Crippen molar-refractivity contribution in [3.63, 3.8) is 0 Å². The minimum Gasteiger partial charge on any atom is -0.320 e. The van der Waals surface area contributed by atoms with Crippen LogP contribution in [-0.2, 0) is 7.05 Å². The molecule has 0 saturated carbocycles. The number of rotatable bonds is 1. The highest BCUT2D eigenvalue weighted by atomic mass is 15.3. The third-order valence-electron chi connectivity index (χ3n) is 2.83. The lowest BCUT2D eigenvalue weighted by Crippen LogP contribution is -2.30. The van der Waals surface area contributed by atoms with Crippen molar-refractivity contribution in [1.82, 2.24) is 19.7 Å². The largest absolute Gasteiger partial charge is 0.320 e. The van der Waals surface area contributed by atoms with Gasteiger partial charge >= 0.3 is 0 Å². The lowest BCUT2D eigenvalue weighted by atomic mass is 9.96. The number of aromatic nitrogens is 3. The summed E-state index contributed by atoms with van der Waals surface area (Å²) in [6.45, 7) is 10.4. The van der Waals surface area contributed by atoms with Crippen LogP contribution in [0.25, 0.3) is 0 Å². The van der Waals surface area contributed by atoms with E-state index in [1.165, 1.54) is 25.9 Å². The molecule has 0 aliphatic carbocycles. The van der Waals surface area contributed by atoms with Gasteiger partial charge in [-0.1, -0.05) is 27.7 Å². The molecule has 2 heterocycles. The van der Waals surface area contributed by atoms with E-state index in [1.54, 1.807) is 6.33 Å². The van der Waals surface area contributed by atoms with Crippen LogP contribution in [-0.4, -0.2) is 39.8 Å². The number of hydrogen-bond acceptors (Lipinski definition) is 3. The molecule has 4 nitrogen and oxygen atoms in total. The fraction of sp³-hybridized carbons (Fsp3) is 0.846. The molecule has 0 amide bonds. The predicted molar refractivity (Wildman–Crippen MR) is 73.2 cm³/mol. The first-order chi connectivity index (χ1) is 8.27. The minimum absolute atomic E-state index is 0.615. The third kappa shape index (κ3) is 4.86. The Morgan fingerprint density at radius 2 is 1.59 bits per heavy atom. The molecule has 100 valence electrons. The van der Waals surface area contributed by atoms with E-state index in [0.29, 0.717) is 5.92 Å². The van der Waals surface area contributed by atoms with Crippen molar-refractivity contribution in [1.29, 1.82) is 0 Å². The van der Waals surface area contributed by atoms with Crippen LogP contribution in [0.2, 0.25) is 0 Å². The SMILES string of the molecule is CC.CC.CN1CCC(c2nncn2C)CC1. The average Bonchev–Trinajstić information content (AvgIpc) is 2.82. The van der Waals surface area contributed by atoms with Crippen LogP contribution < -0.4 is 0 Å². The topological polar surface area (TPSA) is 34.0 Å². The maximum absolute atomic E-state index is 4.16. The fourth-order valence-electron chi connectivity index (χ4n) is 1.93. The van der Waals surface area contributed by atoms with Crippen molar-refractivity contribution in [2.24, 2.45) is 7.05 Å². The Morgan fingerprint density at radius 1 is 1.06 bits per heavy atom. The number of hydrogen-bond donors (Lipinski definition) is 0. The number of likely N-dealkylation sites (tertiary alicyclic amines) is 1. The van der Waals surface area contributed by atoms with Crippen molar-refractivity contribution in [3.8, 4) is 0 Å². The van der Waals surface area contributed by atoms with Gasteiger partial charge < -0.3 is 9.47 Å². The summed E-state index contributed by atoms with van der Waals surface area (Å²) in [6.07, 6.45) is 4.21. The summed E-state index contributed by atoms with van der Waals surface area (Å²) in [4.78, 5) is 2.37. The molecule has 17 heavy (non-hydrogen) atoms. The Hall–Kier alpha value is -0.900. The van der Waals surface area contributed by atoms with Crippen LogP contribution in [0, 0.1) is 0 Å². The van der Waals surface area contributed by atoms with Crippen LogP contribution in [0.1, 0.15) is 52.3 Å². The van der Waals surface area contributed by atoms with E-state index in [2.05, 4.69) is 22.1 Å². The van der Waals surface area contributed by atoms with E-state index < -0.39 is 0 Å². The van der Waals surface area contributed by atoms with Crippen molar-refractivity contribution in [2.75, 3.05) is 20.1 Å². The lowest BCUT2D eigenvalue weighted by Gasteiger charge is -2.27. The number of aryl methyl sites for hydroxylation is 1. The van der Waals surface area contributed by atoms with Gasteiger partial charge in [0, 0.05) is 13.0 Å². The van der Waals surface area contributed by atoms with E-state index in [-0.39, 0.29) is 0 Å². The molecule has 4 heteroatoms. The summed E-state index contributed by atoms with van der Waals surface area (Å²) in [5, 5.41) is 8.07. The van der Waals surface area contributed by atoms with Crippen LogP contribution in [0.3, 0.4) is 0 Å². The molecule has 0 spiro atoms. The van der Waals surface area contributed by atoms with Crippen molar-refractivity contribution < 1.29 is 0 Å². The summed E-state index contributed by atoms with van der Waals surface area (Å²) in [6, 6.07) is 0. The van der Waals surface area contributed by atoms with Gasteiger partial charge in [-0.2, -0.15) is 0 Å². The summed E-state index contributed by atoms with van der Waals surface area (Å²) in [7, 11) is 4.19. The van der Waals surface area contributed by atoms with E-state index in [1.807, 2.05) is 39.3 Å². The Labute approximate surface area is 106 Å². The second-order valence-electron chi connectivity index (χ2n) is 3.88. The van der Waals surface area contributed by atoms with E-state index >= 15 is 0 Å². The van der Waals surface area contributed by atoms with Crippen LogP contribution in [0.4, 0.5) is 0 Å². The van der Waals surface area contributed by atoms with E-state index in [4.69, 9.17) is 0 Å². The Kier molecular flexibility index (Phi) is 8.68. The summed E-state index contributed by atoms with van der Waals surface area (Å²) in [5.74, 6) is 1.76. The second kappa shape index (κ2) is 9.16. The van der Waals surface area contributed by atoms with Crippen LogP contribution in [0.5, 0.6) is 0 Å². The monoisotopic (exact) mass is 240 g/mol. The summed E-state index contributed by atoms with van der Waals surface area (Å²) < 4.78 is 2.04. The molecule has 2 rings (SSSR count). The van der Waals surface area contributed by atoms with Gasteiger partial charge in [0.25, 0.3) is 0 Å². The van der Waals surface area contributed by atoms with Gasteiger partial charge in [-0.3, -0.25) is 0 Å². The Bertz CT molecular complexity index is 275. The third-order valence-corrected chi connectivity index (χ3v) is 2.83. The molecule has 0 atom stereocenters. The molecule has 0 unspecified atom stereocenters. The zero-order chi connectivity index (χ0) is 13.3. The maximum Gasteiger partial charge on any atom is 0.135 e. The number of nitrogens with zero attached hydrogens (tertiary/aromatic N) is 4. The molecule has 0 radical (unpaired) electrons. The highest BCUT2D eigenvalue weighted by molar-refractivity contribution is 4.97. The van der Waals surface area contributed by atoms with Crippen molar-refractivity contribution in [3.05, 3.63) is 12.2 Å². The Morgan fingerprint density at radius 3 is 2.00 bits per heavy atom. The summed E-state index contributed by atoms with van der Waals surface area (Å²) in [5.41, 5.74) is 0. The second-order valence-corrected chi connectivity index (χ2v) is 3.88. The van der Waals surface area contributed by atoms with Gasteiger partial charge in [-0.25, -0.2) is 0 Å². The normalized spacial score (nSPS) is 16.6. The fourth-order valence-corrected chi connectivity index (χ4v) is 1.93. The van der Waals surface area contributed by atoms with Crippen LogP contribution in [0.15, 0.2) is 6.33 Å². The molecule has 0 bridgehead atoms. The Balaban J connectivity index is 0.000000581. The van der Waals surface area contributed by atoms with Gasteiger partial charge in [0.1, 0.15) is 12.2 Å². The predicted octanol–water partition coefficient (Wildman–Crippen LogP) is 2.68. The first-order valence-electron chi connectivity index (χ1n) is 6.80. The van der Waals surface area contributed by atoms with Gasteiger partial charge in [-0.05, 0) is 33.0 Å². The lowest BCUT2D eigenvalue weighted by molar-refractivity contribution is 0.249. The van der Waals surface area contributed by atoms with Crippen LogP contribution >= 0.6 is 0 Å². The molecule has 1 aliphatic heterocycles. The first-order valence-corrected chi connectivity index (χ1v) is 6.80. The first kappa shape index (κ1) is 16.1. The molecule has 0 N–H and O–H groups in total. The van der Waals surface area contributed by atoms with Gasteiger partial charge in [0.15, 0.2) is 0 Å². The van der Waals surface area contributed by atoms with Crippen molar-refractivity contribution >= 4 is 0 Å². The van der Waals surface area contributed by atoms with Gasteiger partial charge in [0.05, 0.1) is 0 Å².